The minimum absolute atomic E-state index is 0.0697. The summed E-state index contributed by atoms with van der Waals surface area (Å²) in [7, 11) is -0.269. The van der Waals surface area contributed by atoms with Crippen molar-refractivity contribution >= 4 is 7.12 Å². The molecule has 22 heavy (non-hydrogen) atoms. The summed E-state index contributed by atoms with van der Waals surface area (Å²) in [4.78, 5) is 0. The van der Waals surface area contributed by atoms with E-state index in [0.717, 1.165) is 19.3 Å². The molecule has 1 aliphatic heterocycles. The summed E-state index contributed by atoms with van der Waals surface area (Å²) < 4.78 is 40.4. The molecule has 0 spiro atoms. The van der Waals surface area contributed by atoms with Crippen molar-refractivity contribution in [2.75, 3.05) is 0 Å². The van der Waals surface area contributed by atoms with Crippen LogP contribution in [0.5, 0.6) is 0 Å². The van der Waals surface area contributed by atoms with Crippen LogP contribution in [0.2, 0.25) is 5.31 Å². The van der Waals surface area contributed by atoms with Crippen molar-refractivity contribution in [2.45, 2.75) is 68.9 Å². The van der Waals surface area contributed by atoms with Crippen LogP contribution in [0.1, 0.15) is 52.5 Å². The van der Waals surface area contributed by atoms with Gasteiger partial charge in [0.05, 0.1) is 11.2 Å². The van der Waals surface area contributed by atoms with Crippen molar-refractivity contribution in [2.24, 2.45) is 0 Å². The Kier molecular flexibility index (Phi) is 2.62. The molecular weight excluding hydrogens is 285 g/mol. The van der Waals surface area contributed by atoms with E-state index in [4.69, 9.17) is 9.31 Å². The van der Waals surface area contributed by atoms with E-state index in [1.807, 2.05) is 27.7 Å². The number of rotatable bonds is 2. The summed E-state index contributed by atoms with van der Waals surface area (Å²) in [6.45, 7) is 8.13. The summed E-state index contributed by atoms with van der Waals surface area (Å²) in [6.07, 6.45) is 2.23. The van der Waals surface area contributed by atoms with E-state index in [1.165, 1.54) is 18.2 Å². The molecule has 3 saturated carbocycles. The third-order valence-electron chi connectivity index (χ3n) is 6.32. The Morgan fingerprint density at radius 2 is 1.36 bits per heavy atom. The Hall–Kier alpha value is -0.935. The lowest BCUT2D eigenvalue weighted by molar-refractivity contribution is -0.0431. The van der Waals surface area contributed by atoms with Crippen LogP contribution in [-0.4, -0.2) is 18.3 Å². The molecule has 1 heterocycles. The van der Waals surface area contributed by atoms with E-state index >= 15 is 0 Å². The second kappa shape index (κ2) is 3.93. The predicted molar refractivity (Wildman–Crippen MR) is 80.7 cm³/mol. The van der Waals surface area contributed by atoms with Crippen LogP contribution in [0.3, 0.4) is 0 Å². The lowest BCUT2D eigenvalue weighted by Gasteiger charge is -2.71. The van der Waals surface area contributed by atoms with E-state index in [-0.39, 0.29) is 34.6 Å². The zero-order chi connectivity index (χ0) is 16.0. The maximum atomic E-state index is 14.0. The zero-order valence-corrected chi connectivity index (χ0v) is 13.5. The van der Waals surface area contributed by atoms with Gasteiger partial charge in [0.2, 0.25) is 0 Å². The fourth-order valence-corrected chi connectivity index (χ4v) is 4.48. The Balaban J connectivity index is 1.56. The van der Waals surface area contributed by atoms with Gasteiger partial charge < -0.3 is 9.31 Å². The third-order valence-corrected chi connectivity index (χ3v) is 6.32. The Morgan fingerprint density at radius 3 is 1.82 bits per heavy atom. The molecule has 1 aromatic carbocycles. The van der Waals surface area contributed by atoms with Crippen LogP contribution in [-0.2, 0) is 14.7 Å². The number of halogens is 2. The van der Waals surface area contributed by atoms with Gasteiger partial charge in [-0.1, -0.05) is 6.07 Å². The van der Waals surface area contributed by atoms with Gasteiger partial charge in [-0.3, -0.25) is 0 Å². The summed E-state index contributed by atoms with van der Waals surface area (Å²) in [5.74, 6) is -0.857. The van der Waals surface area contributed by atoms with Gasteiger partial charge in [0.25, 0.3) is 0 Å². The summed E-state index contributed by atoms with van der Waals surface area (Å²) in [5, 5.41) is -0.0697. The molecule has 3 aliphatic carbocycles. The van der Waals surface area contributed by atoms with Gasteiger partial charge in [-0.2, -0.15) is 0 Å². The lowest BCUT2D eigenvalue weighted by Crippen LogP contribution is -2.67. The summed E-state index contributed by atoms with van der Waals surface area (Å²) >= 11 is 0. The molecule has 2 bridgehead atoms. The maximum Gasteiger partial charge on any atom is 0.464 e. The smallest absolute Gasteiger partial charge is 0.403 e. The van der Waals surface area contributed by atoms with Crippen LogP contribution in [0.4, 0.5) is 8.78 Å². The van der Waals surface area contributed by atoms with Gasteiger partial charge in [0, 0.05) is 16.3 Å². The minimum Gasteiger partial charge on any atom is -0.403 e. The van der Waals surface area contributed by atoms with Gasteiger partial charge in [0.15, 0.2) is 0 Å². The van der Waals surface area contributed by atoms with Crippen LogP contribution in [0, 0.1) is 11.6 Å². The number of hydrogen-bond donors (Lipinski definition) is 0. The fraction of sp³-hybridized carbons (Fsp3) is 0.647. The second-order valence-electron chi connectivity index (χ2n) is 8.36. The first-order chi connectivity index (χ1) is 10.1. The van der Waals surface area contributed by atoms with Gasteiger partial charge in [-0.15, -0.1) is 0 Å². The van der Waals surface area contributed by atoms with Gasteiger partial charge in [-0.05, 0) is 59.1 Å². The third kappa shape index (κ3) is 1.62. The van der Waals surface area contributed by atoms with E-state index in [1.54, 1.807) is 0 Å². The first kappa shape index (κ1) is 14.6. The van der Waals surface area contributed by atoms with Crippen LogP contribution in [0.25, 0.3) is 0 Å². The molecular formula is C17H21BF2O2. The Labute approximate surface area is 130 Å². The Bertz CT molecular complexity index is 600. The van der Waals surface area contributed by atoms with E-state index in [0.29, 0.717) is 0 Å². The topological polar surface area (TPSA) is 18.5 Å². The van der Waals surface area contributed by atoms with E-state index < -0.39 is 11.6 Å². The molecule has 5 heteroatoms. The molecule has 118 valence electrons. The molecule has 0 radical (unpaired) electrons. The highest BCUT2D eigenvalue weighted by atomic mass is 19.1. The van der Waals surface area contributed by atoms with Gasteiger partial charge in [-0.25, -0.2) is 8.78 Å². The highest BCUT2D eigenvalue weighted by Crippen LogP contribution is 2.81. The molecule has 1 aromatic rings. The first-order valence-electron chi connectivity index (χ1n) is 7.91. The average Bonchev–Trinajstić information content (AvgIpc) is 2.48. The quantitative estimate of drug-likeness (QED) is 0.761. The SMILES string of the molecule is CC1(C)OB(C23CC(c4c(F)cccc4F)(C2)C3)OC1(C)C. The van der Waals surface area contributed by atoms with Crippen molar-refractivity contribution in [3.05, 3.63) is 35.4 Å². The maximum absolute atomic E-state index is 14.0. The monoisotopic (exact) mass is 306 g/mol. The molecule has 0 amide bonds. The highest BCUT2D eigenvalue weighted by Gasteiger charge is 2.77. The average molecular weight is 306 g/mol. The molecule has 0 N–H and O–H groups in total. The molecule has 0 aromatic heterocycles. The van der Waals surface area contributed by atoms with Crippen LogP contribution < -0.4 is 0 Å². The number of benzene rings is 1. The highest BCUT2D eigenvalue weighted by molar-refractivity contribution is 6.51. The second-order valence-corrected chi connectivity index (χ2v) is 8.36. The van der Waals surface area contributed by atoms with E-state index in [9.17, 15) is 8.78 Å². The summed E-state index contributed by atoms with van der Waals surface area (Å²) in [5.41, 5.74) is -0.806. The molecule has 0 atom stereocenters. The van der Waals surface area contributed by atoms with Crippen LogP contribution >= 0.6 is 0 Å². The van der Waals surface area contributed by atoms with Crippen molar-refractivity contribution in [1.82, 2.24) is 0 Å². The minimum atomic E-state index is -0.429. The first-order valence-corrected chi connectivity index (χ1v) is 7.91. The van der Waals surface area contributed by atoms with Crippen molar-refractivity contribution in [1.29, 1.82) is 0 Å². The fourth-order valence-electron chi connectivity index (χ4n) is 4.48. The molecule has 4 aliphatic rings. The van der Waals surface area contributed by atoms with Gasteiger partial charge in [0.1, 0.15) is 11.6 Å². The lowest BCUT2D eigenvalue weighted by atomic mass is 9.23. The molecule has 2 nitrogen and oxygen atoms in total. The zero-order valence-electron chi connectivity index (χ0n) is 13.5. The van der Waals surface area contributed by atoms with Crippen molar-refractivity contribution in [3.8, 4) is 0 Å². The van der Waals surface area contributed by atoms with Crippen molar-refractivity contribution in [3.63, 3.8) is 0 Å². The number of hydrogen-bond acceptors (Lipinski definition) is 2. The largest absolute Gasteiger partial charge is 0.464 e. The van der Waals surface area contributed by atoms with Gasteiger partial charge >= 0.3 is 7.12 Å². The predicted octanol–water partition coefficient (Wildman–Crippen LogP) is 4.23. The molecule has 5 rings (SSSR count). The standard InChI is InChI=1S/C17H21BF2O2/c1-14(2)15(3,4)22-18(21-14)17-8-16(9-17,10-17)13-11(19)6-5-7-12(13)20/h5-7H,8-10H2,1-4H3. The van der Waals surface area contributed by atoms with Crippen molar-refractivity contribution < 1.29 is 18.1 Å². The van der Waals surface area contributed by atoms with E-state index in [2.05, 4.69) is 0 Å². The van der Waals surface area contributed by atoms with Crippen LogP contribution in [0.15, 0.2) is 18.2 Å². The molecule has 1 saturated heterocycles. The molecule has 0 unspecified atom stereocenters. The normalized spacial score (nSPS) is 37.6. The summed E-state index contributed by atoms with van der Waals surface area (Å²) in [6, 6.07) is 4.12. The Morgan fingerprint density at radius 1 is 0.909 bits per heavy atom. The molecule has 4 fully saturated rings.